The monoisotopic (exact) mass is 333 g/mol. The fourth-order valence-electron chi connectivity index (χ4n) is 1.11. The van der Waals surface area contributed by atoms with Crippen molar-refractivity contribution in [1.29, 1.82) is 0 Å². The molecule has 0 atom stereocenters. The van der Waals surface area contributed by atoms with E-state index in [2.05, 4.69) is 20.9 Å². The van der Waals surface area contributed by atoms with Crippen molar-refractivity contribution in [2.75, 3.05) is 0 Å². The lowest BCUT2D eigenvalue weighted by molar-refractivity contribution is 1.11. The van der Waals surface area contributed by atoms with Crippen LogP contribution in [0.3, 0.4) is 0 Å². The molecule has 1 heterocycles. The Kier molecular flexibility index (Phi) is 4.14. The Morgan fingerprint density at radius 2 is 1.94 bits per heavy atom. The third-order valence-electron chi connectivity index (χ3n) is 1.82. The van der Waals surface area contributed by atoms with Crippen LogP contribution in [0, 0.1) is 0 Å². The lowest BCUT2D eigenvalue weighted by Gasteiger charge is -2.05. The summed E-state index contributed by atoms with van der Waals surface area (Å²) in [5.74, 6) is 0. The predicted octanol–water partition coefficient (Wildman–Crippen LogP) is 5.30. The van der Waals surface area contributed by atoms with Crippen LogP contribution in [0.4, 0.5) is 0 Å². The van der Waals surface area contributed by atoms with Crippen molar-refractivity contribution in [2.24, 2.45) is 0 Å². The molecule has 82 valence electrons. The van der Waals surface area contributed by atoms with Gasteiger partial charge < -0.3 is 0 Å². The summed E-state index contributed by atoms with van der Waals surface area (Å²) in [7, 11) is 0. The van der Waals surface area contributed by atoms with Gasteiger partial charge >= 0.3 is 0 Å². The molecule has 0 bridgehead atoms. The van der Waals surface area contributed by atoms with Gasteiger partial charge in [0, 0.05) is 11.1 Å². The van der Waals surface area contributed by atoms with Gasteiger partial charge in [0.25, 0.3) is 0 Å². The Morgan fingerprint density at radius 1 is 1.19 bits per heavy atom. The second kappa shape index (κ2) is 5.41. The number of halogens is 3. The first kappa shape index (κ1) is 12.2. The first-order valence-corrected chi connectivity index (χ1v) is 6.77. The Bertz CT molecular complexity index is 519. The molecule has 2 rings (SSSR count). The van der Waals surface area contributed by atoms with E-state index in [0.717, 1.165) is 19.4 Å². The highest BCUT2D eigenvalue weighted by Gasteiger charge is 2.07. The Balaban J connectivity index is 2.31. The minimum absolute atomic E-state index is 0.607. The summed E-state index contributed by atoms with van der Waals surface area (Å²) in [5, 5.41) is 2.17. The molecule has 0 saturated carbocycles. The van der Waals surface area contributed by atoms with Gasteiger partial charge in [0.05, 0.1) is 14.5 Å². The van der Waals surface area contributed by atoms with E-state index in [0.29, 0.717) is 5.02 Å². The molecule has 0 aliphatic rings. The van der Waals surface area contributed by atoms with Crippen LogP contribution < -0.4 is 0 Å². The van der Waals surface area contributed by atoms with Crippen LogP contribution in [0.15, 0.2) is 50.9 Å². The van der Waals surface area contributed by atoms with E-state index in [4.69, 9.17) is 23.2 Å². The molecule has 0 aliphatic carbocycles. The van der Waals surface area contributed by atoms with Crippen molar-refractivity contribution in [1.82, 2.24) is 4.98 Å². The van der Waals surface area contributed by atoms with Crippen LogP contribution in [0.2, 0.25) is 10.0 Å². The topological polar surface area (TPSA) is 12.9 Å². The zero-order valence-electron chi connectivity index (χ0n) is 7.95. The van der Waals surface area contributed by atoms with E-state index < -0.39 is 0 Å². The molecule has 2 aromatic rings. The molecular formula is C11H6BrCl2NS. The Hall–Kier alpha value is -0.220. The number of pyridine rings is 1. The summed E-state index contributed by atoms with van der Waals surface area (Å²) in [6.07, 6.45) is 1.62. The van der Waals surface area contributed by atoms with Gasteiger partial charge in [0.1, 0.15) is 5.03 Å². The van der Waals surface area contributed by atoms with Crippen LogP contribution in [-0.2, 0) is 0 Å². The van der Waals surface area contributed by atoms with E-state index in [1.54, 1.807) is 6.20 Å². The SMILES string of the molecule is Clc1cnc(Sc2ccccc2Cl)c(Br)c1. The van der Waals surface area contributed by atoms with Crippen molar-refractivity contribution in [3.8, 4) is 0 Å². The molecule has 0 fully saturated rings. The summed E-state index contributed by atoms with van der Waals surface area (Å²) in [6, 6.07) is 9.46. The summed E-state index contributed by atoms with van der Waals surface area (Å²) >= 11 is 16.8. The van der Waals surface area contributed by atoms with E-state index in [1.807, 2.05) is 30.3 Å². The van der Waals surface area contributed by atoms with Gasteiger partial charge in [-0.1, -0.05) is 47.1 Å². The number of aromatic nitrogens is 1. The predicted molar refractivity (Wildman–Crippen MR) is 72.5 cm³/mol. The largest absolute Gasteiger partial charge is 0.247 e. The average Bonchev–Trinajstić information content (AvgIpc) is 2.25. The minimum Gasteiger partial charge on any atom is -0.247 e. The number of hydrogen-bond acceptors (Lipinski definition) is 2. The summed E-state index contributed by atoms with van der Waals surface area (Å²) < 4.78 is 0.866. The molecule has 0 N–H and O–H groups in total. The van der Waals surface area contributed by atoms with Gasteiger partial charge in [-0.05, 0) is 34.1 Å². The second-order valence-corrected chi connectivity index (χ2v) is 5.70. The van der Waals surface area contributed by atoms with Crippen LogP contribution in [-0.4, -0.2) is 4.98 Å². The standard InChI is InChI=1S/C11H6BrCl2NS/c12-8-5-7(13)6-15-11(8)16-10-4-2-1-3-9(10)14/h1-6H. The Morgan fingerprint density at radius 3 is 2.62 bits per heavy atom. The van der Waals surface area contributed by atoms with E-state index in [1.165, 1.54) is 11.8 Å². The van der Waals surface area contributed by atoms with Crippen molar-refractivity contribution in [3.63, 3.8) is 0 Å². The quantitative estimate of drug-likeness (QED) is 0.738. The van der Waals surface area contributed by atoms with Crippen molar-refractivity contribution < 1.29 is 0 Å². The number of benzene rings is 1. The van der Waals surface area contributed by atoms with Gasteiger partial charge in [-0.3, -0.25) is 0 Å². The summed E-state index contributed by atoms with van der Waals surface area (Å²) in [6.45, 7) is 0. The lowest BCUT2D eigenvalue weighted by Crippen LogP contribution is -1.82. The fraction of sp³-hybridized carbons (Fsp3) is 0. The van der Waals surface area contributed by atoms with Crippen molar-refractivity contribution >= 4 is 50.9 Å². The molecule has 0 radical (unpaired) electrons. The molecule has 1 aromatic heterocycles. The van der Waals surface area contributed by atoms with Crippen LogP contribution in [0.1, 0.15) is 0 Å². The minimum atomic E-state index is 0.607. The third kappa shape index (κ3) is 2.92. The van der Waals surface area contributed by atoms with Crippen LogP contribution in [0.5, 0.6) is 0 Å². The summed E-state index contributed by atoms with van der Waals surface area (Å²) in [5.41, 5.74) is 0. The molecule has 0 spiro atoms. The van der Waals surface area contributed by atoms with Crippen molar-refractivity contribution in [2.45, 2.75) is 9.92 Å². The highest BCUT2D eigenvalue weighted by atomic mass is 79.9. The maximum absolute atomic E-state index is 6.07. The normalized spacial score (nSPS) is 10.4. The molecule has 5 heteroatoms. The van der Waals surface area contributed by atoms with Crippen molar-refractivity contribution in [3.05, 3.63) is 51.0 Å². The van der Waals surface area contributed by atoms with Crippen LogP contribution >= 0.6 is 50.9 Å². The van der Waals surface area contributed by atoms with E-state index in [-0.39, 0.29) is 0 Å². The fourth-order valence-corrected chi connectivity index (χ4v) is 3.02. The number of nitrogens with zero attached hydrogens (tertiary/aromatic N) is 1. The maximum atomic E-state index is 6.07. The van der Waals surface area contributed by atoms with Gasteiger partial charge in [-0.2, -0.15) is 0 Å². The second-order valence-electron chi connectivity index (χ2n) is 2.97. The van der Waals surface area contributed by atoms with Crippen LogP contribution in [0.25, 0.3) is 0 Å². The van der Waals surface area contributed by atoms with Gasteiger partial charge in [-0.15, -0.1) is 0 Å². The molecule has 1 nitrogen and oxygen atoms in total. The highest BCUT2D eigenvalue weighted by molar-refractivity contribution is 9.10. The molecule has 0 unspecified atom stereocenters. The zero-order valence-corrected chi connectivity index (χ0v) is 11.9. The zero-order chi connectivity index (χ0) is 11.5. The summed E-state index contributed by atoms with van der Waals surface area (Å²) in [4.78, 5) is 5.21. The average molecular weight is 335 g/mol. The van der Waals surface area contributed by atoms with E-state index in [9.17, 15) is 0 Å². The number of hydrogen-bond donors (Lipinski definition) is 0. The lowest BCUT2D eigenvalue weighted by atomic mass is 10.4. The first-order chi connectivity index (χ1) is 7.66. The molecular weight excluding hydrogens is 329 g/mol. The molecule has 0 amide bonds. The third-order valence-corrected chi connectivity index (χ3v) is 4.43. The molecule has 0 saturated heterocycles. The molecule has 1 aromatic carbocycles. The highest BCUT2D eigenvalue weighted by Crippen LogP contribution is 2.36. The van der Waals surface area contributed by atoms with E-state index >= 15 is 0 Å². The van der Waals surface area contributed by atoms with Gasteiger partial charge in [-0.25, -0.2) is 4.98 Å². The van der Waals surface area contributed by atoms with Gasteiger partial charge in [0.15, 0.2) is 0 Å². The molecule has 0 aliphatic heterocycles. The smallest absolute Gasteiger partial charge is 0.115 e. The van der Waals surface area contributed by atoms with Gasteiger partial charge in [0.2, 0.25) is 0 Å². The molecule has 16 heavy (non-hydrogen) atoms. The Labute approximate surface area is 116 Å². The first-order valence-electron chi connectivity index (χ1n) is 4.40. The number of rotatable bonds is 2. The maximum Gasteiger partial charge on any atom is 0.115 e.